The van der Waals surface area contributed by atoms with E-state index in [1.54, 1.807) is 27.1 Å². The summed E-state index contributed by atoms with van der Waals surface area (Å²) >= 11 is 0. The topological polar surface area (TPSA) is 142 Å². The second-order valence-corrected chi connectivity index (χ2v) is 6.82. The van der Waals surface area contributed by atoms with Gasteiger partial charge in [-0.3, -0.25) is 4.68 Å². The maximum Gasteiger partial charge on any atom is 1.00 e. The molecule has 1 atom stereocenters. The summed E-state index contributed by atoms with van der Waals surface area (Å²) in [5.74, 6) is -1.85. The van der Waals surface area contributed by atoms with Crippen LogP contribution in [0.1, 0.15) is 40.3 Å². The maximum absolute atomic E-state index is 13.7. The molecule has 3 aromatic rings. The van der Waals surface area contributed by atoms with Gasteiger partial charge >= 0.3 is 51.4 Å². The fourth-order valence-corrected chi connectivity index (χ4v) is 3.30. The van der Waals surface area contributed by atoms with E-state index in [2.05, 4.69) is 21.5 Å². The second kappa shape index (κ2) is 11.0. The molecule has 0 aliphatic rings. The van der Waals surface area contributed by atoms with E-state index in [9.17, 15) is 19.6 Å². The third-order valence-electron chi connectivity index (χ3n) is 4.72. The Morgan fingerprint density at radius 2 is 2.16 bits per heavy atom. The van der Waals surface area contributed by atoms with Gasteiger partial charge in [-0.25, -0.2) is 9.37 Å². The zero-order valence-electron chi connectivity index (χ0n) is 18.1. The molecule has 3 rings (SSSR count). The van der Waals surface area contributed by atoms with Gasteiger partial charge in [-0.15, -0.1) is 0 Å². The van der Waals surface area contributed by atoms with Gasteiger partial charge in [-0.2, -0.15) is 10.4 Å². The monoisotopic (exact) mass is 462 g/mol. The van der Waals surface area contributed by atoms with Crippen molar-refractivity contribution in [3.05, 3.63) is 58.8 Å². The SMILES string of the molecule is CNCc1nn(C)c(C#N)c1-c1cnc(N)c(O[C@H](C)c2cc(F)ccc2C(=O)[O-])c1.[K+]. The number of aromatic nitrogens is 3. The Morgan fingerprint density at radius 3 is 2.78 bits per heavy atom. The van der Waals surface area contributed by atoms with Gasteiger partial charge in [0, 0.05) is 42.0 Å². The van der Waals surface area contributed by atoms with Gasteiger partial charge in [0.2, 0.25) is 0 Å². The van der Waals surface area contributed by atoms with Crippen LogP contribution in [0.25, 0.3) is 11.1 Å². The molecule has 3 N–H and O–H groups in total. The van der Waals surface area contributed by atoms with Crippen molar-refractivity contribution in [2.75, 3.05) is 12.8 Å². The van der Waals surface area contributed by atoms with Crippen molar-refractivity contribution in [1.82, 2.24) is 20.1 Å². The molecule has 2 aromatic heterocycles. The van der Waals surface area contributed by atoms with E-state index >= 15 is 0 Å². The summed E-state index contributed by atoms with van der Waals surface area (Å²) in [6, 6.07) is 6.95. The molecule has 0 saturated heterocycles. The van der Waals surface area contributed by atoms with Crippen molar-refractivity contribution in [2.24, 2.45) is 7.05 Å². The molecule has 9 nitrogen and oxygen atoms in total. The molecule has 0 fully saturated rings. The van der Waals surface area contributed by atoms with Crippen molar-refractivity contribution in [3.63, 3.8) is 0 Å². The number of pyridine rings is 1. The largest absolute Gasteiger partial charge is 1.00 e. The van der Waals surface area contributed by atoms with Crippen molar-refractivity contribution < 1.29 is 70.4 Å². The van der Waals surface area contributed by atoms with Crippen molar-refractivity contribution in [3.8, 4) is 22.9 Å². The normalized spacial score (nSPS) is 11.3. The van der Waals surface area contributed by atoms with E-state index in [1.165, 1.54) is 10.9 Å². The van der Waals surface area contributed by atoms with E-state index in [0.717, 1.165) is 18.2 Å². The molecule has 1 aromatic carbocycles. The average molecular weight is 463 g/mol. The van der Waals surface area contributed by atoms with E-state index in [4.69, 9.17) is 10.5 Å². The second-order valence-electron chi connectivity index (χ2n) is 6.82. The zero-order valence-corrected chi connectivity index (χ0v) is 21.3. The molecule has 11 heteroatoms. The summed E-state index contributed by atoms with van der Waals surface area (Å²) in [6.07, 6.45) is 0.627. The number of aryl methyl sites for hydroxylation is 1. The zero-order chi connectivity index (χ0) is 22.7. The van der Waals surface area contributed by atoms with Crippen LogP contribution >= 0.6 is 0 Å². The van der Waals surface area contributed by atoms with E-state index in [0.29, 0.717) is 29.1 Å². The number of aromatic carboxylic acids is 1. The van der Waals surface area contributed by atoms with Crippen LogP contribution in [-0.4, -0.2) is 27.8 Å². The Labute approximate surface area is 226 Å². The predicted octanol–water partition coefficient (Wildman–Crippen LogP) is -1.70. The van der Waals surface area contributed by atoms with Crippen LogP contribution in [-0.2, 0) is 13.6 Å². The van der Waals surface area contributed by atoms with Crippen LogP contribution in [0.2, 0.25) is 0 Å². The van der Waals surface area contributed by atoms with Crippen molar-refractivity contribution >= 4 is 11.8 Å². The first-order chi connectivity index (χ1) is 14.8. The smallest absolute Gasteiger partial charge is 0.545 e. The quantitative estimate of drug-likeness (QED) is 0.396. The number of carbonyl (C=O) groups is 1. The molecule has 0 unspecified atom stereocenters. The van der Waals surface area contributed by atoms with E-state index in [-0.39, 0.29) is 74.1 Å². The van der Waals surface area contributed by atoms with Gasteiger partial charge in [0.1, 0.15) is 23.7 Å². The van der Waals surface area contributed by atoms with Crippen LogP contribution in [0.4, 0.5) is 10.2 Å². The third-order valence-corrected chi connectivity index (χ3v) is 4.72. The summed E-state index contributed by atoms with van der Waals surface area (Å²) in [5, 5.41) is 28.3. The fraction of sp³-hybridized carbons (Fsp3) is 0.238. The molecular weight excluding hydrogens is 442 g/mol. The molecule has 32 heavy (non-hydrogen) atoms. The molecule has 0 spiro atoms. The number of hydrogen-bond donors (Lipinski definition) is 2. The van der Waals surface area contributed by atoms with Gasteiger partial charge in [0.15, 0.2) is 11.6 Å². The number of carboxylic acid groups (broad SMARTS) is 1. The standard InChI is InChI=1S/C21H21FN6O3.K/c1-11(15-7-13(22)4-5-14(15)21(29)30)31-18-6-12(9-26-20(18)24)19-16(10-25-2)27-28(3)17(19)8-23;/h4-7,9,11,25H,10H2,1-3H3,(H2,24,26)(H,29,30);/q;+1/p-1/t11-;/m1./s1. The Morgan fingerprint density at radius 1 is 1.44 bits per heavy atom. The molecule has 0 bridgehead atoms. The van der Waals surface area contributed by atoms with Crippen LogP contribution < -0.4 is 72.3 Å². The first-order valence-corrected chi connectivity index (χ1v) is 9.30. The number of carboxylic acids is 1. The van der Waals surface area contributed by atoms with Crippen molar-refractivity contribution in [2.45, 2.75) is 19.6 Å². The van der Waals surface area contributed by atoms with E-state index in [1.807, 2.05) is 0 Å². The number of carbonyl (C=O) groups excluding carboxylic acids is 1. The van der Waals surface area contributed by atoms with Crippen LogP contribution in [0.5, 0.6) is 5.75 Å². The first-order valence-electron chi connectivity index (χ1n) is 9.30. The Balaban J connectivity index is 0.00000363. The minimum absolute atomic E-state index is 0. The Hall–Kier alpha value is -2.33. The van der Waals surface area contributed by atoms with Crippen LogP contribution in [0, 0.1) is 17.1 Å². The molecule has 0 saturated carbocycles. The Bertz CT molecular complexity index is 1190. The van der Waals surface area contributed by atoms with Gasteiger partial charge < -0.3 is 25.7 Å². The molecule has 0 aliphatic heterocycles. The van der Waals surface area contributed by atoms with Crippen molar-refractivity contribution in [1.29, 1.82) is 5.26 Å². The maximum atomic E-state index is 13.7. The summed E-state index contributed by atoms with van der Waals surface area (Å²) in [7, 11) is 3.42. The Kier molecular flexibility index (Phi) is 8.91. The fourth-order valence-electron chi connectivity index (χ4n) is 3.30. The minimum atomic E-state index is -1.45. The molecular formula is C21H20FKN6O3. The molecule has 0 aliphatic carbocycles. The number of hydrogen-bond acceptors (Lipinski definition) is 8. The number of ether oxygens (including phenoxy) is 1. The number of anilines is 1. The summed E-state index contributed by atoms with van der Waals surface area (Å²) in [4.78, 5) is 15.5. The van der Waals surface area contributed by atoms with Crippen LogP contribution in [0.15, 0.2) is 30.5 Å². The molecule has 0 radical (unpaired) electrons. The molecule has 0 amide bonds. The predicted molar refractivity (Wildman–Crippen MR) is 108 cm³/mol. The number of nitrogens with two attached hydrogens (primary N) is 1. The summed E-state index contributed by atoms with van der Waals surface area (Å²) in [6.45, 7) is 1.98. The number of nitriles is 1. The third kappa shape index (κ3) is 5.35. The van der Waals surface area contributed by atoms with Gasteiger partial charge in [-0.1, -0.05) is 0 Å². The number of rotatable bonds is 7. The molecule has 160 valence electrons. The first kappa shape index (κ1) is 25.9. The number of benzene rings is 1. The average Bonchev–Trinajstić information content (AvgIpc) is 3.04. The van der Waals surface area contributed by atoms with Gasteiger partial charge in [-0.05, 0) is 38.2 Å². The van der Waals surface area contributed by atoms with Crippen LogP contribution in [0.3, 0.4) is 0 Å². The van der Waals surface area contributed by atoms with Gasteiger partial charge in [0.25, 0.3) is 0 Å². The minimum Gasteiger partial charge on any atom is -0.545 e. The van der Waals surface area contributed by atoms with E-state index < -0.39 is 17.9 Å². The number of nitrogens with one attached hydrogen (secondary N) is 1. The summed E-state index contributed by atoms with van der Waals surface area (Å²) in [5.41, 5.74) is 7.96. The summed E-state index contributed by atoms with van der Waals surface area (Å²) < 4.78 is 21.0. The number of nitrogens with zero attached hydrogens (tertiary/aromatic N) is 4. The number of halogens is 1. The molecule has 2 heterocycles. The number of nitrogen functional groups attached to an aromatic ring is 1. The van der Waals surface area contributed by atoms with Gasteiger partial charge in [0.05, 0.1) is 11.7 Å².